The fourth-order valence-corrected chi connectivity index (χ4v) is 2.09. The molecule has 0 fully saturated rings. The van der Waals surface area contributed by atoms with Crippen molar-refractivity contribution < 1.29 is 9.59 Å². The van der Waals surface area contributed by atoms with Gasteiger partial charge in [0.2, 0.25) is 0 Å². The van der Waals surface area contributed by atoms with Gasteiger partial charge in [0, 0.05) is 12.1 Å². The van der Waals surface area contributed by atoms with E-state index in [1.54, 1.807) is 24.3 Å². The van der Waals surface area contributed by atoms with Gasteiger partial charge < -0.3 is 5.32 Å². The molecule has 0 bridgehead atoms. The normalized spacial score (nSPS) is 11.0. The van der Waals surface area contributed by atoms with Crippen LogP contribution in [0.1, 0.15) is 61.3 Å². The molecule has 0 aliphatic rings. The third-order valence-electron chi connectivity index (χ3n) is 3.36. The smallest absolute Gasteiger partial charge is 0.252 e. The lowest BCUT2D eigenvalue weighted by Gasteiger charge is -2.07. The van der Waals surface area contributed by atoms with Gasteiger partial charge in [-0.3, -0.25) is 9.59 Å². The molecule has 0 saturated carbocycles. The van der Waals surface area contributed by atoms with Crippen molar-refractivity contribution in [2.24, 2.45) is 0 Å². The first-order chi connectivity index (χ1) is 10.4. The van der Waals surface area contributed by atoms with E-state index in [0.717, 1.165) is 12.8 Å². The van der Waals surface area contributed by atoms with E-state index >= 15 is 0 Å². The standard InChI is InChI=1S/C19H25NO2/c1-14(2)8-7-9-15(3)12-13-20-19(22)18-11-6-5-10-17(18)16(4)21/h5-6,8,10-12H,7,9,13H2,1-4H3,(H,20,22)/b15-12+. The molecule has 1 N–H and O–H groups in total. The van der Waals surface area contributed by atoms with Crippen molar-refractivity contribution >= 4 is 11.7 Å². The van der Waals surface area contributed by atoms with E-state index in [4.69, 9.17) is 0 Å². The molecule has 1 amide bonds. The third-order valence-corrected chi connectivity index (χ3v) is 3.36. The molecule has 0 unspecified atom stereocenters. The number of amides is 1. The van der Waals surface area contributed by atoms with E-state index in [9.17, 15) is 9.59 Å². The molecule has 0 atom stereocenters. The van der Waals surface area contributed by atoms with Gasteiger partial charge >= 0.3 is 0 Å². The zero-order valence-electron chi connectivity index (χ0n) is 13.9. The molecule has 0 saturated heterocycles. The minimum absolute atomic E-state index is 0.0980. The largest absolute Gasteiger partial charge is 0.349 e. The first kappa shape index (κ1) is 17.9. The van der Waals surface area contributed by atoms with Crippen molar-refractivity contribution in [3.63, 3.8) is 0 Å². The fourth-order valence-electron chi connectivity index (χ4n) is 2.09. The molecule has 0 heterocycles. The maximum Gasteiger partial charge on any atom is 0.252 e. The number of carbonyl (C=O) groups is 2. The summed E-state index contributed by atoms with van der Waals surface area (Å²) in [5.74, 6) is -0.307. The van der Waals surface area contributed by atoms with Crippen LogP contribution in [0, 0.1) is 0 Å². The second-order valence-electron chi connectivity index (χ2n) is 5.68. The van der Waals surface area contributed by atoms with Crippen LogP contribution in [0.25, 0.3) is 0 Å². The molecular formula is C19H25NO2. The average molecular weight is 299 g/mol. The number of ketones is 1. The third kappa shape index (κ3) is 6.08. The van der Waals surface area contributed by atoms with Crippen LogP contribution in [0.2, 0.25) is 0 Å². The minimum Gasteiger partial charge on any atom is -0.349 e. The zero-order chi connectivity index (χ0) is 16.5. The second-order valence-corrected chi connectivity index (χ2v) is 5.68. The maximum absolute atomic E-state index is 12.2. The van der Waals surface area contributed by atoms with Gasteiger partial charge in [-0.2, -0.15) is 0 Å². The Labute approximate surface area is 133 Å². The second kappa shape index (κ2) is 8.98. The van der Waals surface area contributed by atoms with Gasteiger partial charge in [0.05, 0.1) is 5.56 Å². The summed E-state index contributed by atoms with van der Waals surface area (Å²) in [5, 5.41) is 2.84. The van der Waals surface area contributed by atoms with E-state index in [1.165, 1.54) is 18.1 Å². The van der Waals surface area contributed by atoms with Gasteiger partial charge in [-0.05, 0) is 46.6 Å². The highest BCUT2D eigenvalue weighted by Gasteiger charge is 2.12. The number of Topliss-reactive ketones (excluding diaryl/α,β-unsaturated/α-hetero) is 1. The molecule has 1 aromatic carbocycles. The highest BCUT2D eigenvalue weighted by atomic mass is 16.2. The lowest BCUT2D eigenvalue weighted by Crippen LogP contribution is -2.25. The molecule has 3 nitrogen and oxygen atoms in total. The molecule has 0 aliphatic heterocycles. The Morgan fingerprint density at radius 1 is 1.00 bits per heavy atom. The lowest BCUT2D eigenvalue weighted by atomic mass is 10.0. The van der Waals surface area contributed by atoms with Crippen molar-refractivity contribution in [1.82, 2.24) is 5.32 Å². The van der Waals surface area contributed by atoms with Crippen LogP contribution in [0.4, 0.5) is 0 Å². The van der Waals surface area contributed by atoms with Gasteiger partial charge in [0.15, 0.2) is 5.78 Å². The Bertz CT molecular complexity index is 593. The van der Waals surface area contributed by atoms with Gasteiger partial charge in [0.25, 0.3) is 5.91 Å². The van der Waals surface area contributed by atoms with E-state index < -0.39 is 0 Å². The first-order valence-electron chi connectivity index (χ1n) is 7.59. The maximum atomic E-state index is 12.2. The summed E-state index contributed by atoms with van der Waals surface area (Å²) >= 11 is 0. The lowest BCUT2D eigenvalue weighted by molar-refractivity contribution is 0.0942. The Hall–Kier alpha value is -2.16. The van der Waals surface area contributed by atoms with Crippen LogP contribution in [-0.2, 0) is 0 Å². The summed E-state index contributed by atoms with van der Waals surface area (Å²) in [6, 6.07) is 6.89. The van der Waals surface area contributed by atoms with Gasteiger partial charge in [-0.25, -0.2) is 0 Å². The summed E-state index contributed by atoms with van der Waals surface area (Å²) in [5.41, 5.74) is 3.47. The predicted octanol–water partition coefficient (Wildman–Crippen LogP) is 4.31. The summed E-state index contributed by atoms with van der Waals surface area (Å²) in [7, 11) is 0. The van der Waals surface area contributed by atoms with Crippen LogP contribution in [0.3, 0.4) is 0 Å². The number of nitrogens with one attached hydrogen (secondary N) is 1. The monoisotopic (exact) mass is 299 g/mol. The van der Waals surface area contributed by atoms with E-state index in [1.807, 2.05) is 6.08 Å². The number of allylic oxidation sites excluding steroid dienone is 3. The SMILES string of the molecule is CC(=O)c1ccccc1C(=O)NC/C=C(\C)CCC=C(C)C. The molecule has 0 aliphatic carbocycles. The summed E-state index contributed by atoms with van der Waals surface area (Å²) < 4.78 is 0. The van der Waals surface area contributed by atoms with Crippen molar-refractivity contribution in [2.75, 3.05) is 6.54 Å². The molecule has 118 valence electrons. The topological polar surface area (TPSA) is 46.2 Å². The van der Waals surface area contributed by atoms with Crippen molar-refractivity contribution in [1.29, 1.82) is 0 Å². The number of rotatable bonds is 7. The Kier molecular flexibility index (Phi) is 7.30. The van der Waals surface area contributed by atoms with Crippen molar-refractivity contribution in [2.45, 2.75) is 40.5 Å². The summed E-state index contributed by atoms with van der Waals surface area (Å²) in [4.78, 5) is 23.7. The summed E-state index contributed by atoms with van der Waals surface area (Å²) in [6.45, 7) is 8.19. The van der Waals surface area contributed by atoms with Crippen LogP contribution < -0.4 is 5.32 Å². The van der Waals surface area contributed by atoms with Crippen molar-refractivity contribution in [3.8, 4) is 0 Å². The first-order valence-corrected chi connectivity index (χ1v) is 7.59. The highest BCUT2D eigenvalue weighted by molar-refractivity contribution is 6.07. The molecule has 0 aromatic heterocycles. The average Bonchev–Trinajstić information content (AvgIpc) is 2.46. The van der Waals surface area contributed by atoms with E-state index in [0.29, 0.717) is 17.7 Å². The van der Waals surface area contributed by atoms with E-state index in [2.05, 4.69) is 32.2 Å². The van der Waals surface area contributed by atoms with Gasteiger partial charge in [-0.1, -0.05) is 41.5 Å². The van der Waals surface area contributed by atoms with Crippen molar-refractivity contribution in [3.05, 3.63) is 58.7 Å². The van der Waals surface area contributed by atoms with Gasteiger partial charge in [-0.15, -0.1) is 0 Å². The highest BCUT2D eigenvalue weighted by Crippen LogP contribution is 2.10. The molecule has 0 spiro atoms. The molecule has 1 rings (SSSR count). The molecular weight excluding hydrogens is 274 g/mol. The molecule has 22 heavy (non-hydrogen) atoms. The minimum atomic E-state index is -0.209. The number of hydrogen-bond acceptors (Lipinski definition) is 2. The van der Waals surface area contributed by atoms with Crippen LogP contribution in [-0.4, -0.2) is 18.2 Å². The molecule has 3 heteroatoms. The Morgan fingerprint density at radius 2 is 1.64 bits per heavy atom. The Balaban J connectivity index is 2.56. The van der Waals surface area contributed by atoms with Crippen LogP contribution >= 0.6 is 0 Å². The fraction of sp³-hybridized carbons (Fsp3) is 0.368. The van der Waals surface area contributed by atoms with Crippen LogP contribution in [0.5, 0.6) is 0 Å². The van der Waals surface area contributed by atoms with E-state index in [-0.39, 0.29) is 11.7 Å². The van der Waals surface area contributed by atoms with Gasteiger partial charge in [0.1, 0.15) is 0 Å². The summed E-state index contributed by atoms with van der Waals surface area (Å²) in [6.07, 6.45) is 6.24. The quantitative estimate of drug-likeness (QED) is 0.602. The Morgan fingerprint density at radius 3 is 2.23 bits per heavy atom. The predicted molar refractivity (Wildman–Crippen MR) is 91.2 cm³/mol. The molecule has 1 aromatic rings. The number of benzene rings is 1. The molecule has 0 radical (unpaired) electrons. The number of hydrogen-bond donors (Lipinski definition) is 1. The van der Waals surface area contributed by atoms with Crippen LogP contribution in [0.15, 0.2) is 47.6 Å². The zero-order valence-corrected chi connectivity index (χ0v) is 13.9. The number of carbonyl (C=O) groups excluding carboxylic acids is 2.